The zero-order valence-corrected chi connectivity index (χ0v) is 33.3. The first-order valence-corrected chi connectivity index (χ1v) is 19.6. The number of aryl methyl sites for hydroxylation is 4. The molecule has 0 unspecified atom stereocenters. The number of benzene rings is 2. The van der Waals surface area contributed by atoms with Gasteiger partial charge in [0, 0.05) is 23.6 Å². The first kappa shape index (κ1) is 45.9. The lowest BCUT2D eigenvalue weighted by Crippen LogP contribution is -2.33. The fourth-order valence-electron chi connectivity index (χ4n) is 4.44. The molecule has 2 rings (SSSR count). The molecule has 0 aliphatic carbocycles. The third-order valence-electron chi connectivity index (χ3n) is 6.16. The SMILES string of the molecule is CC(C)(C)OC(=O)CCCN.COc1cc(C)c(S(=O)(=O)CCCNC(=O)OC(C)(C)C)c(C)c1.COc1cc(C)c(S(=O)(=O)Cl)c(C)c1. The van der Waals surface area contributed by atoms with Crippen molar-refractivity contribution in [1.29, 1.82) is 0 Å². The number of nitrogens with one attached hydrogen (secondary N) is 1. The minimum absolute atomic E-state index is 0.0448. The largest absolute Gasteiger partial charge is 0.497 e. The molecule has 0 bridgehead atoms. The Morgan fingerprint density at radius 3 is 1.49 bits per heavy atom. The molecule has 0 saturated heterocycles. The Bertz CT molecular complexity index is 1570. The van der Waals surface area contributed by atoms with Gasteiger partial charge in [-0.1, -0.05) is 0 Å². The van der Waals surface area contributed by atoms with Gasteiger partial charge in [0.1, 0.15) is 22.7 Å². The van der Waals surface area contributed by atoms with Crippen molar-refractivity contribution >= 4 is 41.6 Å². The molecule has 15 heteroatoms. The monoisotopic (exact) mass is 750 g/mol. The summed E-state index contributed by atoms with van der Waals surface area (Å²) in [6.07, 6.45) is 0.895. The van der Waals surface area contributed by atoms with Crippen molar-refractivity contribution in [2.45, 2.75) is 109 Å². The summed E-state index contributed by atoms with van der Waals surface area (Å²) in [6, 6.07) is 6.70. The van der Waals surface area contributed by atoms with Crippen LogP contribution in [0.5, 0.6) is 11.5 Å². The molecule has 49 heavy (non-hydrogen) atoms. The maximum Gasteiger partial charge on any atom is 0.407 e. The summed E-state index contributed by atoms with van der Waals surface area (Å²) >= 11 is 0. The van der Waals surface area contributed by atoms with Gasteiger partial charge in [0.25, 0.3) is 9.05 Å². The summed E-state index contributed by atoms with van der Waals surface area (Å²) < 4.78 is 67.8. The summed E-state index contributed by atoms with van der Waals surface area (Å²) in [5, 5.41) is 2.57. The van der Waals surface area contributed by atoms with E-state index in [1.165, 1.54) is 7.11 Å². The molecule has 3 N–H and O–H groups in total. The van der Waals surface area contributed by atoms with Gasteiger partial charge in [-0.05, 0) is 135 Å². The van der Waals surface area contributed by atoms with Crippen molar-refractivity contribution in [2.24, 2.45) is 5.73 Å². The predicted octanol–water partition coefficient (Wildman–Crippen LogP) is 6.31. The van der Waals surface area contributed by atoms with Crippen LogP contribution in [0.1, 0.15) is 83.1 Å². The second kappa shape index (κ2) is 19.9. The van der Waals surface area contributed by atoms with E-state index in [0.717, 1.165) is 0 Å². The van der Waals surface area contributed by atoms with Crippen molar-refractivity contribution < 1.29 is 45.4 Å². The lowest BCUT2D eigenvalue weighted by molar-refractivity contribution is -0.154. The van der Waals surface area contributed by atoms with Crippen LogP contribution in [-0.2, 0) is 33.2 Å². The number of halogens is 1. The maximum atomic E-state index is 12.6. The molecule has 0 aromatic heterocycles. The number of ether oxygens (including phenoxy) is 4. The second-order valence-corrected chi connectivity index (χ2v) is 17.7. The Balaban J connectivity index is 0.000000779. The number of hydrogen-bond acceptors (Lipinski definition) is 11. The number of rotatable bonds is 11. The third kappa shape index (κ3) is 18.5. The number of nitrogens with two attached hydrogens (primary N) is 1. The minimum Gasteiger partial charge on any atom is -0.497 e. The van der Waals surface area contributed by atoms with Gasteiger partial charge in [-0.25, -0.2) is 21.6 Å². The number of carbonyl (C=O) groups excluding carboxylic acids is 2. The average Bonchev–Trinajstić information content (AvgIpc) is 2.91. The predicted molar refractivity (Wildman–Crippen MR) is 193 cm³/mol. The Hall–Kier alpha value is -3.07. The number of sulfone groups is 1. The van der Waals surface area contributed by atoms with Gasteiger partial charge in [-0.3, -0.25) is 4.79 Å². The highest BCUT2D eigenvalue weighted by Crippen LogP contribution is 2.28. The number of esters is 1. The number of amides is 1. The fourth-order valence-corrected chi connectivity index (χ4v) is 7.88. The van der Waals surface area contributed by atoms with E-state index < -0.39 is 30.6 Å². The van der Waals surface area contributed by atoms with Crippen molar-refractivity contribution in [2.75, 3.05) is 33.1 Å². The van der Waals surface area contributed by atoms with Gasteiger partial charge in [-0.15, -0.1) is 0 Å². The van der Waals surface area contributed by atoms with E-state index in [9.17, 15) is 26.4 Å². The van der Waals surface area contributed by atoms with Gasteiger partial charge in [0.15, 0.2) is 9.84 Å². The Morgan fingerprint density at radius 1 is 0.735 bits per heavy atom. The van der Waals surface area contributed by atoms with Crippen LogP contribution in [0, 0.1) is 27.7 Å². The van der Waals surface area contributed by atoms with Crippen LogP contribution in [0.2, 0.25) is 0 Å². The van der Waals surface area contributed by atoms with Crippen LogP contribution in [0.3, 0.4) is 0 Å². The van der Waals surface area contributed by atoms with Crippen molar-refractivity contribution in [3.63, 3.8) is 0 Å². The lowest BCUT2D eigenvalue weighted by atomic mass is 10.1. The Kier molecular flexibility index (Phi) is 18.7. The van der Waals surface area contributed by atoms with E-state index in [1.54, 1.807) is 79.8 Å². The van der Waals surface area contributed by atoms with E-state index >= 15 is 0 Å². The van der Waals surface area contributed by atoms with Crippen LogP contribution in [0.4, 0.5) is 4.79 Å². The third-order valence-corrected chi connectivity index (χ3v) is 9.84. The van der Waals surface area contributed by atoms with E-state index in [2.05, 4.69) is 5.32 Å². The quantitative estimate of drug-likeness (QED) is 0.150. The molecule has 2 aromatic carbocycles. The molecule has 2 aromatic rings. The molecule has 0 radical (unpaired) electrons. The lowest BCUT2D eigenvalue weighted by Gasteiger charge is -2.19. The molecule has 0 fully saturated rings. The van der Waals surface area contributed by atoms with E-state index in [-0.39, 0.29) is 28.8 Å². The molecule has 280 valence electrons. The molecular weight excluding hydrogens is 696 g/mol. The molecule has 12 nitrogen and oxygen atoms in total. The first-order valence-electron chi connectivity index (χ1n) is 15.6. The number of carbonyl (C=O) groups is 2. The van der Waals surface area contributed by atoms with Crippen molar-refractivity contribution in [3.8, 4) is 11.5 Å². The Morgan fingerprint density at radius 2 is 1.14 bits per heavy atom. The van der Waals surface area contributed by atoms with E-state index in [4.69, 9.17) is 35.4 Å². The van der Waals surface area contributed by atoms with Crippen LogP contribution in [0.25, 0.3) is 0 Å². The molecule has 0 aliphatic heterocycles. The zero-order chi connectivity index (χ0) is 38.4. The maximum absolute atomic E-state index is 12.6. The second-order valence-electron chi connectivity index (χ2n) is 13.2. The van der Waals surface area contributed by atoms with Crippen LogP contribution >= 0.6 is 10.7 Å². The van der Waals surface area contributed by atoms with Gasteiger partial charge < -0.3 is 30.0 Å². The van der Waals surface area contributed by atoms with Crippen molar-refractivity contribution in [1.82, 2.24) is 5.32 Å². The van der Waals surface area contributed by atoms with Gasteiger partial charge >= 0.3 is 12.1 Å². The molecule has 1 amide bonds. The molecular formula is C34H55ClN2O10S2. The summed E-state index contributed by atoms with van der Waals surface area (Å²) in [4.78, 5) is 23.0. The summed E-state index contributed by atoms with van der Waals surface area (Å²) in [7, 11) is 1.27. The summed E-state index contributed by atoms with van der Waals surface area (Å²) in [5.41, 5.74) is 6.79. The highest BCUT2D eigenvalue weighted by atomic mass is 35.7. The van der Waals surface area contributed by atoms with Gasteiger partial charge in [0.2, 0.25) is 0 Å². The topological polar surface area (TPSA) is 177 Å². The molecule has 0 heterocycles. The molecule has 0 spiro atoms. The smallest absolute Gasteiger partial charge is 0.407 e. The van der Waals surface area contributed by atoms with Gasteiger partial charge in [0.05, 0.1) is 29.8 Å². The normalized spacial score (nSPS) is 11.6. The minimum atomic E-state index is -3.67. The number of methoxy groups -OCH3 is 2. The highest BCUT2D eigenvalue weighted by Gasteiger charge is 2.21. The van der Waals surface area contributed by atoms with Crippen LogP contribution < -0.4 is 20.5 Å². The number of hydrogen-bond donors (Lipinski definition) is 2. The molecule has 0 atom stereocenters. The molecule has 0 aliphatic rings. The first-order chi connectivity index (χ1) is 22.3. The van der Waals surface area contributed by atoms with Gasteiger partial charge in [-0.2, -0.15) is 0 Å². The Labute approximate surface area is 297 Å². The zero-order valence-electron chi connectivity index (χ0n) is 30.9. The molecule has 0 saturated carbocycles. The summed E-state index contributed by atoms with van der Waals surface area (Å²) in [6.45, 7) is 18.5. The highest BCUT2D eigenvalue weighted by molar-refractivity contribution is 8.13. The van der Waals surface area contributed by atoms with E-state index in [0.29, 0.717) is 64.5 Å². The fraction of sp³-hybridized carbons (Fsp3) is 0.588. The standard InChI is InChI=1S/C17H27NO5S.C9H11ClO3S.C8H17NO2/c1-12-10-14(22-6)11-13(2)15(12)24(20,21)9-7-8-18-16(19)23-17(3,4)5;1-6-4-8(13-3)5-7(2)9(6)14(10,11)12;1-8(2,3)11-7(10)5-4-6-9/h10-11H,7-9H2,1-6H3,(H,18,19);4-5H,1-3H3;4-6,9H2,1-3H3. The summed E-state index contributed by atoms with van der Waals surface area (Å²) in [5.74, 6) is 1.05. The average molecular weight is 751 g/mol. The van der Waals surface area contributed by atoms with Crippen molar-refractivity contribution in [3.05, 3.63) is 46.5 Å². The van der Waals surface area contributed by atoms with E-state index in [1.807, 2.05) is 20.8 Å². The van der Waals surface area contributed by atoms with Crippen LogP contribution in [0.15, 0.2) is 34.1 Å². The number of alkyl carbamates (subject to hydrolysis) is 1. The van der Waals surface area contributed by atoms with Crippen LogP contribution in [-0.4, -0.2) is 73.2 Å².